The van der Waals surface area contributed by atoms with Crippen LogP contribution in [0, 0.1) is 0 Å². The second-order valence-electron chi connectivity index (χ2n) is 1.44. The molecule has 6 heteroatoms. The molecular weight excluding hydrogens is 147 g/mol. The van der Waals surface area contributed by atoms with Gasteiger partial charge in [-0.15, -0.1) is 0 Å². The van der Waals surface area contributed by atoms with E-state index < -0.39 is 26.5 Å². The maximum absolute atomic E-state index is 10.2. The van der Waals surface area contributed by atoms with Gasteiger partial charge in [0.25, 0.3) is 0 Å². The zero-order valence-corrected chi connectivity index (χ0v) is 5.45. The first-order valence-corrected chi connectivity index (χ1v) is 3.84. The van der Waals surface area contributed by atoms with Gasteiger partial charge in [0.05, 0.1) is 13.0 Å². The van der Waals surface area contributed by atoms with Gasteiger partial charge in [-0.25, -0.2) is 4.79 Å². The standard InChI is InChI=1S/C3H8O5P/c4-2-1-3(5)9(6,7)8/h4,6-8H,1-2H2/q+1. The molecule has 0 heterocycles. The maximum Gasteiger partial charge on any atom is 0.478 e. The van der Waals surface area contributed by atoms with Crippen LogP contribution in [0.15, 0.2) is 0 Å². The van der Waals surface area contributed by atoms with E-state index in [1.807, 2.05) is 0 Å². The van der Waals surface area contributed by atoms with Gasteiger partial charge in [-0.3, -0.25) is 0 Å². The molecule has 0 radical (unpaired) electrons. The van der Waals surface area contributed by atoms with Crippen LogP contribution in [-0.4, -0.2) is 31.9 Å². The quantitative estimate of drug-likeness (QED) is 0.377. The van der Waals surface area contributed by atoms with Crippen molar-refractivity contribution in [3.63, 3.8) is 0 Å². The summed E-state index contributed by atoms with van der Waals surface area (Å²) < 4.78 is 0. The molecule has 0 saturated carbocycles. The highest BCUT2D eigenvalue weighted by Gasteiger charge is 2.41. The Morgan fingerprint density at radius 3 is 1.89 bits per heavy atom. The highest BCUT2D eigenvalue weighted by molar-refractivity contribution is 7.76. The highest BCUT2D eigenvalue weighted by Crippen LogP contribution is 2.46. The van der Waals surface area contributed by atoms with Gasteiger partial charge in [0.1, 0.15) is 0 Å². The first kappa shape index (κ1) is 8.94. The van der Waals surface area contributed by atoms with Crippen molar-refractivity contribution >= 4 is 13.5 Å². The molecule has 5 nitrogen and oxygen atoms in total. The fourth-order valence-electron chi connectivity index (χ4n) is 0.246. The minimum Gasteiger partial charge on any atom is -0.396 e. The molecule has 0 unspecified atom stereocenters. The van der Waals surface area contributed by atoms with E-state index >= 15 is 0 Å². The summed E-state index contributed by atoms with van der Waals surface area (Å²) in [7, 11) is -4.32. The molecule has 0 spiro atoms. The molecule has 0 bridgehead atoms. The van der Waals surface area contributed by atoms with Crippen molar-refractivity contribution in [1.29, 1.82) is 0 Å². The summed E-state index contributed by atoms with van der Waals surface area (Å²) in [5.74, 6) is 0. The van der Waals surface area contributed by atoms with Crippen LogP contribution in [-0.2, 0) is 4.79 Å². The van der Waals surface area contributed by atoms with Crippen LogP contribution >= 0.6 is 7.94 Å². The number of carbonyl (C=O) groups excluding carboxylic acids is 1. The molecule has 0 atom stereocenters. The summed E-state index contributed by atoms with van der Waals surface area (Å²) in [5.41, 5.74) is -1.11. The molecule has 0 fully saturated rings. The molecule has 0 aliphatic heterocycles. The fraction of sp³-hybridized carbons (Fsp3) is 0.667. The average molecular weight is 155 g/mol. The van der Waals surface area contributed by atoms with Crippen molar-refractivity contribution in [2.45, 2.75) is 6.42 Å². The van der Waals surface area contributed by atoms with Gasteiger partial charge in [0.2, 0.25) is 0 Å². The van der Waals surface area contributed by atoms with Crippen molar-refractivity contribution < 1.29 is 24.6 Å². The molecule has 0 amide bonds. The van der Waals surface area contributed by atoms with Gasteiger partial charge in [0, 0.05) is 0 Å². The lowest BCUT2D eigenvalue weighted by atomic mass is 10.5. The summed E-state index contributed by atoms with van der Waals surface area (Å²) in [5, 5.41) is 8.06. The Morgan fingerprint density at radius 1 is 1.33 bits per heavy atom. The number of aliphatic hydroxyl groups is 1. The highest BCUT2D eigenvalue weighted by atomic mass is 31.2. The summed E-state index contributed by atoms with van der Waals surface area (Å²) >= 11 is 0. The molecule has 4 N–H and O–H groups in total. The molecule has 0 aromatic carbocycles. The zero-order chi connectivity index (χ0) is 7.49. The zero-order valence-electron chi connectivity index (χ0n) is 4.56. The predicted octanol–water partition coefficient (Wildman–Crippen LogP) is -1.37. The molecule has 0 saturated heterocycles. The molecule has 54 valence electrons. The van der Waals surface area contributed by atoms with Crippen molar-refractivity contribution in [2.75, 3.05) is 6.61 Å². The van der Waals surface area contributed by atoms with Crippen LogP contribution in [0.2, 0.25) is 0 Å². The van der Waals surface area contributed by atoms with E-state index in [2.05, 4.69) is 0 Å². The lowest BCUT2D eigenvalue weighted by Gasteiger charge is -1.97. The molecule has 0 aliphatic rings. The smallest absolute Gasteiger partial charge is 0.396 e. The third-order valence-corrected chi connectivity index (χ3v) is 1.55. The summed E-state index contributed by atoms with van der Waals surface area (Å²) in [6.45, 7) is -0.484. The molecule has 9 heavy (non-hydrogen) atoms. The van der Waals surface area contributed by atoms with E-state index in [1.54, 1.807) is 0 Å². The van der Waals surface area contributed by atoms with E-state index in [0.717, 1.165) is 0 Å². The Balaban J connectivity index is 3.74. The van der Waals surface area contributed by atoms with Gasteiger partial charge in [0.15, 0.2) is 0 Å². The molecule has 0 aliphatic carbocycles. The molecule has 0 aromatic heterocycles. The Morgan fingerprint density at radius 2 is 1.78 bits per heavy atom. The first-order chi connectivity index (χ1) is 3.98. The Labute approximate surface area is 52.2 Å². The summed E-state index contributed by atoms with van der Waals surface area (Å²) in [6.07, 6.45) is -0.419. The van der Waals surface area contributed by atoms with E-state index in [4.69, 9.17) is 19.8 Å². The van der Waals surface area contributed by atoms with Crippen LogP contribution in [0.4, 0.5) is 0 Å². The molecule has 0 rings (SSSR count). The first-order valence-electron chi connectivity index (χ1n) is 2.20. The van der Waals surface area contributed by atoms with Gasteiger partial charge in [-0.1, -0.05) is 0 Å². The Hall–Kier alpha value is -0.0600. The van der Waals surface area contributed by atoms with Crippen LogP contribution in [0.3, 0.4) is 0 Å². The topological polar surface area (TPSA) is 98.0 Å². The van der Waals surface area contributed by atoms with Crippen molar-refractivity contribution in [2.24, 2.45) is 0 Å². The van der Waals surface area contributed by atoms with E-state index in [1.165, 1.54) is 0 Å². The van der Waals surface area contributed by atoms with Crippen LogP contribution in [0.5, 0.6) is 0 Å². The third-order valence-electron chi connectivity index (χ3n) is 0.660. The van der Waals surface area contributed by atoms with Crippen LogP contribution in [0.25, 0.3) is 0 Å². The van der Waals surface area contributed by atoms with Gasteiger partial charge < -0.3 is 5.11 Å². The van der Waals surface area contributed by atoms with Gasteiger partial charge in [-0.2, -0.15) is 14.7 Å². The van der Waals surface area contributed by atoms with E-state index in [-0.39, 0.29) is 0 Å². The van der Waals surface area contributed by atoms with Crippen molar-refractivity contribution in [3.05, 3.63) is 0 Å². The van der Waals surface area contributed by atoms with E-state index in [0.29, 0.717) is 0 Å². The Bertz CT molecular complexity index is 105. The van der Waals surface area contributed by atoms with Crippen molar-refractivity contribution in [3.8, 4) is 0 Å². The molecule has 0 aromatic rings. The minimum absolute atomic E-state index is 0.419. The maximum atomic E-state index is 10.2. The normalized spacial score (nSPS) is 11.6. The number of rotatable bonds is 3. The SMILES string of the molecule is O=C(CCO)[P+](O)(O)O. The van der Waals surface area contributed by atoms with Crippen molar-refractivity contribution in [1.82, 2.24) is 0 Å². The lowest BCUT2D eigenvalue weighted by molar-refractivity contribution is -0.114. The monoisotopic (exact) mass is 155 g/mol. The fourth-order valence-corrected chi connectivity index (χ4v) is 0.646. The number of hydrogen-bond acceptors (Lipinski definition) is 5. The summed E-state index contributed by atoms with van der Waals surface area (Å²) in [6, 6.07) is 0. The lowest BCUT2D eigenvalue weighted by Crippen LogP contribution is -2.06. The number of aliphatic hydroxyl groups excluding tert-OH is 1. The second kappa shape index (κ2) is 3.20. The number of carbonyl (C=O) groups is 1. The van der Waals surface area contributed by atoms with Crippen LogP contribution < -0.4 is 0 Å². The summed E-state index contributed by atoms with van der Waals surface area (Å²) in [4.78, 5) is 34.7. The number of hydrogen-bond donors (Lipinski definition) is 4. The minimum atomic E-state index is -4.32. The third kappa shape index (κ3) is 3.51. The van der Waals surface area contributed by atoms with Crippen LogP contribution in [0.1, 0.15) is 6.42 Å². The van der Waals surface area contributed by atoms with E-state index in [9.17, 15) is 4.79 Å². The predicted molar refractivity (Wildman–Crippen MR) is 30.3 cm³/mol. The Kier molecular flexibility index (Phi) is 3.17. The average Bonchev–Trinajstić information content (AvgIpc) is 1.64. The second-order valence-corrected chi connectivity index (χ2v) is 3.07. The van der Waals surface area contributed by atoms with Gasteiger partial charge in [-0.05, 0) is 0 Å². The van der Waals surface area contributed by atoms with Gasteiger partial charge >= 0.3 is 13.5 Å². The largest absolute Gasteiger partial charge is 0.478 e. The molecular formula is C3H8O5P+.